The van der Waals surface area contributed by atoms with Gasteiger partial charge in [0, 0.05) is 30.1 Å². The molecule has 2 aliphatic heterocycles. The highest BCUT2D eigenvalue weighted by Gasteiger charge is 2.36. The molecule has 3 heterocycles. The molecule has 116 valence electrons. The Morgan fingerprint density at radius 3 is 2.67 bits per heavy atom. The van der Waals surface area contributed by atoms with Gasteiger partial charge in [-0.15, -0.1) is 23.7 Å². The Balaban J connectivity index is 0.00000132. The zero-order chi connectivity index (χ0) is 13.7. The molecule has 4 rings (SSSR count). The number of carbonyl (C=O) groups is 1. The number of nitrogens with one attached hydrogen (secondary N) is 1. The third-order valence-electron chi connectivity index (χ3n) is 5.27. The minimum absolute atomic E-state index is 0. The lowest BCUT2D eigenvalue weighted by molar-refractivity contribution is 0.0686. The number of aryl methyl sites for hydroxylation is 2. The standard InChI is InChI=1S/C16H22N2OS.ClH/c1-18(13-8-11-5-6-12(9-13)17-11)16(19)15-7-10-3-2-4-14(10)20-15;/h7,11-13,17H,2-6,8-9H2,1H3;1H. The topological polar surface area (TPSA) is 32.3 Å². The predicted molar refractivity (Wildman–Crippen MR) is 88.7 cm³/mol. The molecule has 5 heteroatoms. The molecule has 0 radical (unpaired) electrons. The van der Waals surface area contributed by atoms with Crippen LogP contribution in [0.15, 0.2) is 6.07 Å². The number of hydrogen-bond donors (Lipinski definition) is 1. The Bertz CT molecular complexity index is 511. The van der Waals surface area contributed by atoms with Gasteiger partial charge < -0.3 is 10.2 Å². The molecule has 2 fully saturated rings. The Morgan fingerprint density at radius 2 is 2.00 bits per heavy atom. The molecule has 3 aliphatic rings. The highest BCUT2D eigenvalue weighted by molar-refractivity contribution is 7.14. The van der Waals surface area contributed by atoms with Gasteiger partial charge >= 0.3 is 0 Å². The SMILES string of the molecule is CN(C(=O)c1cc2c(s1)CCC2)C1CC2CCC(C1)N2.Cl. The lowest BCUT2D eigenvalue weighted by atomic mass is 9.98. The fourth-order valence-corrected chi connectivity index (χ4v) is 5.35. The summed E-state index contributed by atoms with van der Waals surface area (Å²) in [6.45, 7) is 0. The van der Waals surface area contributed by atoms with Crippen LogP contribution in [-0.2, 0) is 12.8 Å². The van der Waals surface area contributed by atoms with Crippen LogP contribution in [-0.4, -0.2) is 36.0 Å². The van der Waals surface area contributed by atoms with E-state index in [4.69, 9.17) is 0 Å². The van der Waals surface area contributed by atoms with Crippen molar-refractivity contribution in [3.63, 3.8) is 0 Å². The molecule has 21 heavy (non-hydrogen) atoms. The molecule has 2 atom stereocenters. The highest BCUT2D eigenvalue weighted by atomic mass is 35.5. The number of fused-ring (bicyclic) bond motifs is 3. The molecule has 0 saturated carbocycles. The van der Waals surface area contributed by atoms with Crippen LogP contribution in [0.1, 0.15) is 52.2 Å². The van der Waals surface area contributed by atoms with E-state index in [1.807, 2.05) is 11.9 Å². The zero-order valence-electron chi connectivity index (χ0n) is 12.4. The minimum atomic E-state index is 0. The third-order valence-corrected chi connectivity index (χ3v) is 6.50. The smallest absolute Gasteiger partial charge is 0.263 e. The van der Waals surface area contributed by atoms with E-state index in [2.05, 4.69) is 11.4 Å². The van der Waals surface area contributed by atoms with Crippen molar-refractivity contribution in [3.8, 4) is 0 Å². The van der Waals surface area contributed by atoms with Gasteiger partial charge in [-0.1, -0.05) is 0 Å². The number of nitrogens with zero attached hydrogens (tertiary/aromatic N) is 1. The number of rotatable bonds is 2. The van der Waals surface area contributed by atoms with Gasteiger partial charge in [-0.25, -0.2) is 0 Å². The molecular formula is C16H23ClN2OS. The van der Waals surface area contributed by atoms with E-state index >= 15 is 0 Å². The molecule has 1 aromatic heterocycles. The Morgan fingerprint density at radius 1 is 1.29 bits per heavy atom. The first-order valence-corrected chi connectivity index (χ1v) is 8.67. The summed E-state index contributed by atoms with van der Waals surface area (Å²) in [4.78, 5) is 17.1. The molecule has 1 aliphatic carbocycles. The summed E-state index contributed by atoms with van der Waals surface area (Å²) >= 11 is 1.73. The Labute approximate surface area is 136 Å². The van der Waals surface area contributed by atoms with Crippen LogP contribution in [0.2, 0.25) is 0 Å². The summed E-state index contributed by atoms with van der Waals surface area (Å²) in [6, 6.07) is 3.87. The van der Waals surface area contributed by atoms with E-state index in [9.17, 15) is 4.79 Å². The second kappa shape index (κ2) is 5.90. The van der Waals surface area contributed by atoms with Gasteiger partial charge in [-0.2, -0.15) is 0 Å². The number of amides is 1. The van der Waals surface area contributed by atoms with Crippen LogP contribution in [0.3, 0.4) is 0 Å². The van der Waals surface area contributed by atoms with Crippen LogP contribution >= 0.6 is 23.7 Å². The summed E-state index contributed by atoms with van der Waals surface area (Å²) in [6.07, 6.45) is 8.44. The first-order valence-electron chi connectivity index (χ1n) is 7.85. The number of piperidine rings is 1. The summed E-state index contributed by atoms with van der Waals surface area (Å²) in [5.74, 6) is 0.246. The number of halogens is 1. The van der Waals surface area contributed by atoms with E-state index in [1.165, 1.54) is 42.5 Å². The lowest BCUT2D eigenvalue weighted by Gasteiger charge is -2.35. The van der Waals surface area contributed by atoms with Gasteiger partial charge in [0.15, 0.2) is 0 Å². The summed E-state index contributed by atoms with van der Waals surface area (Å²) in [5.41, 5.74) is 1.43. The molecule has 2 unspecified atom stereocenters. The van der Waals surface area contributed by atoms with Crippen LogP contribution in [0, 0.1) is 0 Å². The van der Waals surface area contributed by atoms with Gasteiger partial charge in [0.2, 0.25) is 0 Å². The average molecular weight is 327 g/mol. The highest BCUT2D eigenvalue weighted by Crippen LogP contribution is 2.33. The monoisotopic (exact) mass is 326 g/mol. The normalized spacial score (nSPS) is 29.9. The Hall–Kier alpha value is -0.580. The zero-order valence-corrected chi connectivity index (χ0v) is 14.1. The van der Waals surface area contributed by atoms with E-state index < -0.39 is 0 Å². The maximum absolute atomic E-state index is 12.7. The van der Waals surface area contributed by atoms with Gasteiger partial charge in [-0.05, 0) is 56.6 Å². The van der Waals surface area contributed by atoms with Crippen molar-refractivity contribution >= 4 is 29.7 Å². The van der Waals surface area contributed by atoms with Crippen molar-refractivity contribution in [2.75, 3.05) is 7.05 Å². The van der Waals surface area contributed by atoms with Crippen molar-refractivity contribution in [1.82, 2.24) is 10.2 Å². The molecule has 1 N–H and O–H groups in total. The number of hydrogen-bond acceptors (Lipinski definition) is 3. The second-order valence-electron chi connectivity index (χ2n) is 6.59. The maximum atomic E-state index is 12.7. The van der Waals surface area contributed by atoms with E-state index in [-0.39, 0.29) is 18.3 Å². The summed E-state index contributed by atoms with van der Waals surface area (Å²) < 4.78 is 0. The molecule has 0 spiro atoms. The molecule has 1 amide bonds. The molecule has 2 bridgehead atoms. The fraction of sp³-hybridized carbons (Fsp3) is 0.688. The third kappa shape index (κ3) is 2.73. The lowest BCUT2D eigenvalue weighted by Crippen LogP contribution is -2.48. The number of carbonyl (C=O) groups excluding carboxylic acids is 1. The second-order valence-corrected chi connectivity index (χ2v) is 7.73. The van der Waals surface area contributed by atoms with E-state index in [1.54, 1.807) is 11.3 Å². The summed E-state index contributed by atoms with van der Waals surface area (Å²) in [7, 11) is 2.00. The van der Waals surface area contributed by atoms with Gasteiger partial charge in [-0.3, -0.25) is 4.79 Å². The van der Waals surface area contributed by atoms with Crippen molar-refractivity contribution in [3.05, 3.63) is 21.4 Å². The summed E-state index contributed by atoms with van der Waals surface area (Å²) in [5, 5.41) is 3.65. The maximum Gasteiger partial charge on any atom is 0.263 e. The van der Waals surface area contributed by atoms with Crippen LogP contribution < -0.4 is 5.32 Å². The van der Waals surface area contributed by atoms with E-state index in [0.29, 0.717) is 18.1 Å². The van der Waals surface area contributed by atoms with Crippen LogP contribution in [0.4, 0.5) is 0 Å². The van der Waals surface area contributed by atoms with E-state index in [0.717, 1.165) is 17.7 Å². The predicted octanol–water partition coefficient (Wildman–Crippen LogP) is 3.01. The largest absolute Gasteiger partial charge is 0.338 e. The van der Waals surface area contributed by atoms with Crippen LogP contribution in [0.25, 0.3) is 0 Å². The van der Waals surface area contributed by atoms with Gasteiger partial charge in [0.1, 0.15) is 0 Å². The number of thiophene rings is 1. The molecular weight excluding hydrogens is 304 g/mol. The van der Waals surface area contributed by atoms with Crippen molar-refractivity contribution in [2.24, 2.45) is 0 Å². The van der Waals surface area contributed by atoms with Crippen molar-refractivity contribution in [1.29, 1.82) is 0 Å². The van der Waals surface area contributed by atoms with Gasteiger partial charge in [0.05, 0.1) is 4.88 Å². The quantitative estimate of drug-likeness (QED) is 0.906. The molecule has 1 aromatic rings. The molecule has 3 nitrogen and oxygen atoms in total. The fourth-order valence-electron chi connectivity index (χ4n) is 4.12. The first kappa shape index (κ1) is 15.3. The Kier molecular flexibility index (Phi) is 4.30. The van der Waals surface area contributed by atoms with Gasteiger partial charge in [0.25, 0.3) is 5.91 Å². The molecule has 0 aromatic carbocycles. The first-order chi connectivity index (χ1) is 9.70. The van der Waals surface area contributed by atoms with Crippen molar-refractivity contribution in [2.45, 2.75) is 63.1 Å². The molecule has 2 saturated heterocycles. The minimum Gasteiger partial charge on any atom is -0.338 e. The average Bonchev–Trinajstić information content (AvgIpc) is 3.11. The van der Waals surface area contributed by atoms with Crippen molar-refractivity contribution < 1.29 is 4.79 Å². The van der Waals surface area contributed by atoms with Crippen LogP contribution in [0.5, 0.6) is 0 Å².